The molecule has 0 radical (unpaired) electrons. The molecule has 3 rings (SSSR count). The molecular weight excluding hydrogens is 398 g/mol. The van der Waals surface area contributed by atoms with Crippen molar-refractivity contribution in [3.05, 3.63) is 73.9 Å². The zero-order valence-electron chi connectivity index (χ0n) is 15.7. The highest BCUT2D eigenvalue weighted by atomic mass is 35.5. The minimum atomic E-state index is -0.818. The van der Waals surface area contributed by atoms with E-state index < -0.39 is 23.3 Å². The molecule has 9 heteroatoms. The number of hydrogen-bond donors (Lipinski definition) is 1. The molecule has 0 aliphatic heterocycles. The number of aromatic amines is 1. The Morgan fingerprint density at radius 2 is 2.03 bits per heavy atom. The van der Waals surface area contributed by atoms with Gasteiger partial charge >= 0.3 is 11.7 Å². The number of ether oxygens (including phenoxy) is 2. The molecular formula is C20H18ClN3O5. The van der Waals surface area contributed by atoms with Crippen LogP contribution in [0.2, 0.25) is 5.02 Å². The first-order chi connectivity index (χ1) is 13.9. The lowest BCUT2D eigenvalue weighted by molar-refractivity contribution is -0.150. The Labute approximate surface area is 170 Å². The summed E-state index contributed by atoms with van der Waals surface area (Å²) in [6, 6.07) is 11.4. The Balaban J connectivity index is 1.84. The number of carbonyl (C=O) groups is 1. The molecule has 0 bridgehead atoms. The van der Waals surface area contributed by atoms with E-state index in [1.165, 1.54) is 6.21 Å². The van der Waals surface area contributed by atoms with Crippen molar-refractivity contribution in [3.63, 3.8) is 0 Å². The number of benzene rings is 2. The van der Waals surface area contributed by atoms with E-state index in [2.05, 4.69) is 10.1 Å². The van der Waals surface area contributed by atoms with Gasteiger partial charge in [0.05, 0.1) is 28.7 Å². The van der Waals surface area contributed by atoms with Crippen molar-refractivity contribution in [1.29, 1.82) is 0 Å². The van der Waals surface area contributed by atoms with Crippen molar-refractivity contribution in [1.82, 2.24) is 9.66 Å². The third kappa shape index (κ3) is 4.55. The van der Waals surface area contributed by atoms with Gasteiger partial charge in [-0.2, -0.15) is 5.10 Å². The summed E-state index contributed by atoms with van der Waals surface area (Å²) in [4.78, 5) is 38.9. The minimum absolute atomic E-state index is 0.241. The number of hydrogen-bond acceptors (Lipinski definition) is 6. The zero-order chi connectivity index (χ0) is 21.0. The quantitative estimate of drug-likeness (QED) is 0.492. The summed E-state index contributed by atoms with van der Waals surface area (Å²) < 4.78 is 11.1. The van der Waals surface area contributed by atoms with Crippen LogP contribution in [0, 0.1) is 0 Å². The van der Waals surface area contributed by atoms with Gasteiger partial charge < -0.3 is 14.5 Å². The first-order valence-electron chi connectivity index (χ1n) is 8.82. The normalized spacial score (nSPS) is 12.2. The Hall–Kier alpha value is -3.39. The van der Waals surface area contributed by atoms with E-state index >= 15 is 0 Å². The predicted molar refractivity (Wildman–Crippen MR) is 110 cm³/mol. The van der Waals surface area contributed by atoms with Gasteiger partial charge in [-0.25, -0.2) is 9.59 Å². The minimum Gasteiger partial charge on any atom is -0.477 e. The maximum absolute atomic E-state index is 12.5. The summed E-state index contributed by atoms with van der Waals surface area (Å²) in [5, 5.41) is 4.56. The summed E-state index contributed by atoms with van der Waals surface area (Å²) in [6.07, 6.45) is 0.511. The lowest BCUT2D eigenvalue weighted by Crippen LogP contribution is -2.32. The molecule has 0 fully saturated rings. The van der Waals surface area contributed by atoms with Crippen molar-refractivity contribution >= 4 is 34.7 Å². The van der Waals surface area contributed by atoms with E-state index in [0.29, 0.717) is 22.2 Å². The second kappa shape index (κ2) is 8.74. The van der Waals surface area contributed by atoms with E-state index in [4.69, 9.17) is 21.1 Å². The van der Waals surface area contributed by atoms with E-state index in [1.807, 2.05) is 0 Å². The van der Waals surface area contributed by atoms with Crippen LogP contribution in [0.1, 0.15) is 19.4 Å². The van der Waals surface area contributed by atoms with Crippen LogP contribution < -0.4 is 16.0 Å². The molecule has 0 aliphatic rings. The van der Waals surface area contributed by atoms with Crippen molar-refractivity contribution < 1.29 is 14.3 Å². The number of esters is 1. The van der Waals surface area contributed by atoms with Crippen molar-refractivity contribution in [3.8, 4) is 5.75 Å². The van der Waals surface area contributed by atoms with E-state index in [0.717, 1.165) is 4.68 Å². The molecule has 1 aromatic heterocycles. The zero-order valence-corrected chi connectivity index (χ0v) is 16.5. The van der Waals surface area contributed by atoms with Gasteiger partial charge in [-0.05, 0) is 49.7 Å². The van der Waals surface area contributed by atoms with Gasteiger partial charge in [-0.1, -0.05) is 23.7 Å². The molecule has 3 aromatic rings. The van der Waals surface area contributed by atoms with Crippen LogP contribution in [0.4, 0.5) is 0 Å². The Kier molecular flexibility index (Phi) is 6.13. The topological polar surface area (TPSA) is 103 Å². The lowest BCUT2D eigenvalue weighted by atomic mass is 10.2. The van der Waals surface area contributed by atoms with Crippen molar-refractivity contribution in [2.45, 2.75) is 20.0 Å². The third-order valence-corrected chi connectivity index (χ3v) is 4.28. The Bertz CT molecular complexity index is 1200. The predicted octanol–water partition coefficient (Wildman–Crippen LogP) is 2.56. The molecule has 1 atom stereocenters. The lowest BCUT2D eigenvalue weighted by Gasteiger charge is -2.14. The standard InChI is InChI=1S/C20H18ClN3O5/c1-3-28-19(26)12(2)29-17-9-8-13(10-15(17)21)11-22-24-18(25)14-6-4-5-7-16(14)23-20(24)27/h4-12H,3H2,1-2H3,(H,23,27)/t12-/m0/s1. The van der Waals surface area contributed by atoms with Gasteiger partial charge in [-0.15, -0.1) is 4.68 Å². The number of para-hydroxylation sites is 1. The summed E-state index contributed by atoms with van der Waals surface area (Å²) in [5.74, 6) is -0.200. The molecule has 2 aromatic carbocycles. The summed E-state index contributed by atoms with van der Waals surface area (Å²) >= 11 is 6.20. The molecule has 1 N–H and O–H groups in total. The maximum atomic E-state index is 12.5. The second-order valence-electron chi connectivity index (χ2n) is 6.04. The number of rotatable bonds is 6. The molecule has 8 nitrogen and oxygen atoms in total. The number of H-pyrrole nitrogens is 1. The summed E-state index contributed by atoms with van der Waals surface area (Å²) in [5.41, 5.74) is -0.214. The molecule has 0 aliphatic carbocycles. The average molecular weight is 416 g/mol. The van der Waals surface area contributed by atoms with Crippen LogP contribution in [0.3, 0.4) is 0 Å². The molecule has 0 unspecified atom stereocenters. The van der Waals surface area contributed by atoms with E-state index in [1.54, 1.807) is 56.3 Å². The van der Waals surface area contributed by atoms with Gasteiger partial charge in [0.15, 0.2) is 6.10 Å². The number of nitrogens with one attached hydrogen (secondary N) is 1. The number of nitrogens with zero attached hydrogens (tertiary/aromatic N) is 2. The SMILES string of the molecule is CCOC(=O)[C@H](C)Oc1ccc(C=Nn2c(=O)[nH]c3ccccc3c2=O)cc1Cl. The first-order valence-corrected chi connectivity index (χ1v) is 9.19. The molecule has 1 heterocycles. The van der Waals surface area contributed by atoms with Gasteiger partial charge in [0.25, 0.3) is 5.56 Å². The number of aromatic nitrogens is 2. The highest BCUT2D eigenvalue weighted by Crippen LogP contribution is 2.26. The van der Waals surface area contributed by atoms with E-state index in [9.17, 15) is 14.4 Å². The molecule has 0 saturated carbocycles. The third-order valence-electron chi connectivity index (χ3n) is 3.98. The van der Waals surface area contributed by atoms with Gasteiger partial charge in [0, 0.05) is 0 Å². The van der Waals surface area contributed by atoms with Gasteiger partial charge in [0.2, 0.25) is 0 Å². The number of halogens is 1. The van der Waals surface area contributed by atoms with Crippen molar-refractivity contribution in [2.75, 3.05) is 6.61 Å². The maximum Gasteiger partial charge on any atom is 0.349 e. The summed E-state index contributed by atoms with van der Waals surface area (Å²) in [7, 11) is 0. The smallest absolute Gasteiger partial charge is 0.349 e. The molecule has 0 saturated heterocycles. The molecule has 29 heavy (non-hydrogen) atoms. The van der Waals surface area contributed by atoms with Gasteiger partial charge in [0.1, 0.15) is 5.75 Å². The monoisotopic (exact) mass is 415 g/mol. The summed E-state index contributed by atoms with van der Waals surface area (Å²) in [6.45, 7) is 3.52. The van der Waals surface area contributed by atoms with Crippen LogP contribution in [0.25, 0.3) is 10.9 Å². The van der Waals surface area contributed by atoms with Crippen LogP contribution in [0.15, 0.2) is 57.2 Å². The molecule has 0 amide bonds. The second-order valence-corrected chi connectivity index (χ2v) is 6.45. The fourth-order valence-electron chi connectivity index (χ4n) is 2.57. The van der Waals surface area contributed by atoms with Crippen LogP contribution in [-0.4, -0.2) is 34.6 Å². The molecule has 150 valence electrons. The van der Waals surface area contributed by atoms with Gasteiger partial charge in [-0.3, -0.25) is 4.79 Å². The van der Waals surface area contributed by atoms with Crippen LogP contribution in [0.5, 0.6) is 5.75 Å². The fourth-order valence-corrected chi connectivity index (χ4v) is 2.81. The highest BCUT2D eigenvalue weighted by molar-refractivity contribution is 6.32. The number of fused-ring (bicyclic) bond motifs is 1. The van der Waals surface area contributed by atoms with Crippen molar-refractivity contribution in [2.24, 2.45) is 5.10 Å². The fraction of sp³-hybridized carbons (Fsp3) is 0.200. The van der Waals surface area contributed by atoms with E-state index in [-0.39, 0.29) is 11.6 Å². The Morgan fingerprint density at radius 1 is 1.28 bits per heavy atom. The largest absolute Gasteiger partial charge is 0.477 e. The number of carbonyl (C=O) groups excluding carboxylic acids is 1. The first kappa shape index (κ1) is 20.3. The molecule has 0 spiro atoms. The van der Waals surface area contributed by atoms with Crippen LogP contribution >= 0.6 is 11.6 Å². The Morgan fingerprint density at radius 3 is 2.76 bits per heavy atom. The van der Waals surface area contributed by atoms with Crippen LogP contribution in [-0.2, 0) is 9.53 Å². The highest BCUT2D eigenvalue weighted by Gasteiger charge is 2.17. The average Bonchev–Trinajstić information content (AvgIpc) is 2.70.